The first-order valence-corrected chi connectivity index (χ1v) is 13.3. The van der Waals surface area contributed by atoms with Gasteiger partial charge in [0.15, 0.2) is 5.69 Å². The van der Waals surface area contributed by atoms with Crippen LogP contribution in [0.5, 0.6) is 0 Å². The molecule has 0 atom stereocenters. The summed E-state index contributed by atoms with van der Waals surface area (Å²) in [6.07, 6.45) is 3.40. The van der Waals surface area contributed by atoms with Gasteiger partial charge in [0.25, 0.3) is 0 Å². The third-order valence-corrected chi connectivity index (χ3v) is 6.85. The molecule has 200 valence electrons. The molecule has 0 bridgehead atoms. The zero-order valence-corrected chi connectivity index (χ0v) is 24.1. The van der Waals surface area contributed by atoms with Crippen LogP contribution in [-0.4, -0.2) is 33.8 Å². The molecule has 1 aliphatic heterocycles. The van der Waals surface area contributed by atoms with Crippen molar-refractivity contribution in [3.63, 3.8) is 0 Å². The van der Waals surface area contributed by atoms with Crippen molar-refractivity contribution in [1.82, 2.24) is 9.55 Å². The molecule has 38 heavy (non-hydrogen) atoms. The van der Waals surface area contributed by atoms with Gasteiger partial charge in [0, 0.05) is 27.6 Å². The average molecular weight is 582 g/mol. The number of esters is 1. The number of fused-ring (bicyclic) bond motifs is 1. The summed E-state index contributed by atoms with van der Waals surface area (Å²) >= 11 is 3.79. The maximum absolute atomic E-state index is 13.0. The van der Waals surface area contributed by atoms with E-state index in [1.165, 1.54) is 0 Å². The Morgan fingerprint density at radius 2 is 1.84 bits per heavy atom. The number of hydrogen-bond donors (Lipinski definition) is 1. The highest BCUT2D eigenvalue weighted by atomic mass is 79.9. The lowest BCUT2D eigenvalue weighted by atomic mass is 10.0. The monoisotopic (exact) mass is 581 g/mol. The van der Waals surface area contributed by atoms with Crippen molar-refractivity contribution in [1.29, 1.82) is 0 Å². The van der Waals surface area contributed by atoms with E-state index < -0.39 is 17.7 Å². The molecule has 1 aliphatic carbocycles. The highest BCUT2D eigenvalue weighted by Gasteiger charge is 2.29. The molecule has 2 aromatic rings. The summed E-state index contributed by atoms with van der Waals surface area (Å²) < 4.78 is 19.1. The number of para-hydroxylation sites is 1. The predicted octanol–water partition coefficient (Wildman–Crippen LogP) is 7.45. The van der Waals surface area contributed by atoms with Gasteiger partial charge in [0.2, 0.25) is 0 Å². The van der Waals surface area contributed by atoms with E-state index in [-0.39, 0.29) is 6.61 Å². The second-order valence-corrected chi connectivity index (χ2v) is 10.6. The molecule has 1 aromatic carbocycles. The highest BCUT2D eigenvalue weighted by molar-refractivity contribution is 9.10. The topological polar surface area (TPSA) is 95.6 Å². The van der Waals surface area contributed by atoms with Crippen molar-refractivity contribution in [3.8, 4) is 22.3 Å². The van der Waals surface area contributed by atoms with E-state index in [0.29, 0.717) is 30.0 Å². The van der Waals surface area contributed by atoms with E-state index in [1.807, 2.05) is 69.5 Å². The minimum atomic E-state index is -0.638. The maximum Gasteiger partial charge on any atom is 0.412 e. The van der Waals surface area contributed by atoms with Gasteiger partial charge < -0.3 is 18.5 Å². The van der Waals surface area contributed by atoms with Crippen molar-refractivity contribution in [3.05, 3.63) is 70.1 Å². The fourth-order valence-electron chi connectivity index (χ4n) is 4.56. The smallest absolute Gasteiger partial charge is 0.412 e. The Kier molecular flexibility index (Phi) is 7.97. The summed E-state index contributed by atoms with van der Waals surface area (Å²) in [6, 6.07) is 9.45. The Bertz CT molecular complexity index is 1450. The molecule has 0 saturated carbocycles. The molecule has 0 spiro atoms. The molecule has 1 amide bonds. The number of aryl methyl sites for hydroxylation is 2. The number of amides is 1. The largest absolute Gasteiger partial charge is 0.472 e. The first-order chi connectivity index (χ1) is 18.1. The Labute approximate surface area is 230 Å². The fourth-order valence-corrected chi connectivity index (χ4v) is 5.32. The zero-order chi connectivity index (χ0) is 27.6. The van der Waals surface area contributed by atoms with Gasteiger partial charge in [-0.3, -0.25) is 5.32 Å². The molecular weight excluding hydrogens is 550 g/mol. The number of benzene rings is 1. The molecule has 0 unspecified atom stereocenters. The van der Waals surface area contributed by atoms with E-state index in [4.69, 9.17) is 13.9 Å². The van der Waals surface area contributed by atoms with E-state index >= 15 is 0 Å². The van der Waals surface area contributed by atoms with Crippen LogP contribution < -0.4 is 5.32 Å². The van der Waals surface area contributed by atoms with Crippen molar-refractivity contribution >= 4 is 33.7 Å². The van der Waals surface area contributed by atoms with Crippen LogP contribution in [0.25, 0.3) is 22.3 Å². The Morgan fingerprint density at radius 3 is 2.53 bits per heavy atom. The van der Waals surface area contributed by atoms with Gasteiger partial charge in [-0.05, 0) is 73.8 Å². The Hall–Kier alpha value is -3.59. The fraction of sp³-hybridized carbons (Fsp3) is 0.345. The first-order valence-electron chi connectivity index (χ1n) is 12.5. The number of nitrogens with one attached hydrogen (secondary N) is 1. The van der Waals surface area contributed by atoms with E-state index in [9.17, 15) is 9.59 Å². The summed E-state index contributed by atoms with van der Waals surface area (Å²) in [4.78, 5) is 30.3. The number of anilines is 1. The van der Waals surface area contributed by atoms with Crippen LogP contribution in [0.2, 0.25) is 0 Å². The molecule has 0 radical (unpaired) electrons. The van der Waals surface area contributed by atoms with Gasteiger partial charge >= 0.3 is 12.1 Å². The van der Waals surface area contributed by atoms with Crippen LogP contribution in [0.4, 0.5) is 10.5 Å². The molecule has 0 saturated heterocycles. The van der Waals surface area contributed by atoms with E-state index in [2.05, 4.69) is 26.2 Å². The standard InChI is InChI=1S/C29H32BrN3O5/c1-7-23-31-17(3)26(27(34)37-8-2)33(23)15-20-18-13-14-36-16-21(18)25(30)24(20)19-11-9-10-12-22(19)32-28(35)38-29(4,5)6/h9-14,16H,7-8,15H2,1-6H3,(H,32,35). The van der Waals surface area contributed by atoms with Gasteiger partial charge in [-0.25, -0.2) is 14.6 Å². The summed E-state index contributed by atoms with van der Waals surface area (Å²) in [7, 11) is 0. The molecule has 1 aromatic heterocycles. The van der Waals surface area contributed by atoms with Crippen molar-refractivity contribution in [2.45, 2.75) is 60.1 Å². The van der Waals surface area contributed by atoms with Crippen molar-refractivity contribution in [2.24, 2.45) is 0 Å². The molecule has 4 rings (SSSR count). The highest BCUT2D eigenvalue weighted by Crippen LogP contribution is 2.48. The maximum atomic E-state index is 13.0. The Balaban J connectivity index is 1.90. The number of carbonyl (C=O) groups is 2. The van der Waals surface area contributed by atoms with Crippen LogP contribution in [0.1, 0.15) is 62.2 Å². The van der Waals surface area contributed by atoms with Crippen LogP contribution in [0.15, 0.2) is 51.7 Å². The first kappa shape index (κ1) is 27.4. The van der Waals surface area contributed by atoms with Crippen LogP contribution >= 0.6 is 15.9 Å². The second kappa shape index (κ2) is 11.0. The minimum Gasteiger partial charge on any atom is -0.472 e. The van der Waals surface area contributed by atoms with E-state index in [0.717, 1.165) is 38.1 Å². The lowest BCUT2D eigenvalue weighted by Gasteiger charge is -2.21. The summed E-state index contributed by atoms with van der Waals surface area (Å²) in [5, 5.41) is 2.90. The molecule has 0 fully saturated rings. The lowest BCUT2D eigenvalue weighted by molar-refractivity contribution is 0.0512. The summed E-state index contributed by atoms with van der Waals surface area (Å²) in [6.45, 7) is 11.7. The van der Waals surface area contributed by atoms with Gasteiger partial charge in [-0.15, -0.1) is 0 Å². The molecule has 8 nitrogen and oxygen atoms in total. The lowest BCUT2D eigenvalue weighted by Crippen LogP contribution is -2.27. The quantitative estimate of drug-likeness (QED) is 0.228. The predicted molar refractivity (Wildman–Crippen MR) is 150 cm³/mol. The van der Waals surface area contributed by atoms with E-state index in [1.54, 1.807) is 19.5 Å². The molecular formula is C29H32BrN3O5. The van der Waals surface area contributed by atoms with Crippen LogP contribution in [0.3, 0.4) is 0 Å². The number of imidazole rings is 1. The normalized spacial score (nSPS) is 11.6. The molecule has 2 heterocycles. The summed E-state index contributed by atoms with van der Waals surface area (Å²) in [5.41, 5.74) is 5.45. The van der Waals surface area contributed by atoms with Crippen LogP contribution in [-0.2, 0) is 22.4 Å². The molecule has 2 aliphatic rings. The molecule has 9 heteroatoms. The summed E-state index contributed by atoms with van der Waals surface area (Å²) in [5.74, 6) is 0.374. The van der Waals surface area contributed by atoms with Gasteiger partial charge in [-0.1, -0.05) is 25.1 Å². The number of carbonyl (C=O) groups excluding carboxylic acids is 2. The van der Waals surface area contributed by atoms with Crippen molar-refractivity contribution in [2.75, 3.05) is 11.9 Å². The van der Waals surface area contributed by atoms with Crippen molar-refractivity contribution < 1.29 is 23.5 Å². The number of aromatic nitrogens is 2. The number of halogens is 1. The third kappa shape index (κ3) is 5.48. The number of ether oxygens (including phenoxy) is 2. The molecule has 1 N–H and O–H groups in total. The SMILES string of the molecule is CCOC(=O)c1c(C)nc(CC)n1Cc1c2ccocc-2c(Br)c1-c1ccccc1NC(=O)OC(C)(C)C. The zero-order valence-electron chi connectivity index (χ0n) is 22.5. The van der Waals surface area contributed by atoms with Gasteiger partial charge in [-0.2, -0.15) is 0 Å². The average Bonchev–Trinajstić information content (AvgIpc) is 3.32. The van der Waals surface area contributed by atoms with Gasteiger partial charge in [0.05, 0.1) is 37.1 Å². The minimum absolute atomic E-state index is 0.270. The third-order valence-electron chi connectivity index (χ3n) is 6.03. The number of hydrogen-bond acceptors (Lipinski definition) is 6. The number of nitrogens with zero attached hydrogens (tertiary/aromatic N) is 2. The second-order valence-electron chi connectivity index (χ2n) is 9.85. The van der Waals surface area contributed by atoms with Gasteiger partial charge in [0.1, 0.15) is 11.4 Å². The number of rotatable bonds is 7. The Morgan fingerprint density at radius 1 is 1.11 bits per heavy atom. The van der Waals surface area contributed by atoms with Crippen LogP contribution in [0, 0.1) is 6.92 Å².